The predicted molar refractivity (Wildman–Crippen MR) is 154 cm³/mol. The van der Waals surface area contributed by atoms with E-state index >= 15 is 0 Å². The summed E-state index contributed by atoms with van der Waals surface area (Å²) < 4.78 is 0. The smallest absolute Gasteiger partial charge is 0 e. The van der Waals surface area contributed by atoms with E-state index in [0.717, 1.165) is 11.3 Å². The third-order valence-electron chi connectivity index (χ3n) is 7.02. The Bertz CT molecular complexity index is 400. The zero-order chi connectivity index (χ0) is 23.6. The molecule has 0 aromatic carbocycles. The fourth-order valence-electron chi connectivity index (χ4n) is 5.10. The van der Waals surface area contributed by atoms with Gasteiger partial charge in [0, 0.05) is 21.1 Å². The van der Waals surface area contributed by atoms with Crippen molar-refractivity contribution in [2.24, 2.45) is 0 Å². The van der Waals surface area contributed by atoms with E-state index < -0.39 is 0 Å². The average molecular weight is 668 g/mol. The molecular formula is C28H54P3W. The second-order valence-electron chi connectivity index (χ2n) is 10.9. The van der Waals surface area contributed by atoms with Gasteiger partial charge in [-0.15, -0.1) is 15.8 Å². The Morgan fingerprint density at radius 2 is 0.812 bits per heavy atom. The quantitative estimate of drug-likeness (QED) is 0.262. The first-order valence-corrected chi connectivity index (χ1v) is 19.8. The molecule has 3 rings (SSSR count). The monoisotopic (exact) mass is 667 g/mol. The SMILES string of the molecule is CP(C)C.CP(C)C.C[C]1[C](C)[C](C)[C](CP(C2CCCCC2)C2CCCCC2)[C]1C.[W]. The zero-order valence-electron chi connectivity index (χ0n) is 23.2. The molecule has 0 aromatic heterocycles. The summed E-state index contributed by atoms with van der Waals surface area (Å²) in [5.74, 6) is 8.14. The summed E-state index contributed by atoms with van der Waals surface area (Å²) >= 11 is 0. The van der Waals surface area contributed by atoms with E-state index in [1.165, 1.54) is 44.7 Å². The van der Waals surface area contributed by atoms with Crippen molar-refractivity contribution in [2.45, 2.75) is 103 Å². The molecule has 0 bridgehead atoms. The van der Waals surface area contributed by atoms with Crippen LogP contribution in [0.2, 0.25) is 0 Å². The van der Waals surface area contributed by atoms with Gasteiger partial charge in [0.1, 0.15) is 0 Å². The fraction of sp³-hybridized carbons (Fsp3) is 0.821. The Morgan fingerprint density at radius 1 is 0.531 bits per heavy atom. The first-order valence-electron chi connectivity index (χ1n) is 12.8. The Labute approximate surface area is 222 Å². The fourth-order valence-corrected chi connectivity index (χ4v) is 9.11. The topological polar surface area (TPSA) is 0 Å². The molecule has 3 saturated carbocycles. The largest absolute Gasteiger partial charge is 0.116 e. The molecule has 0 aliphatic heterocycles. The molecule has 3 aliphatic rings. The molecule has 0 N–H and O–H groups in total. The van der Waals surface area contributed by atoms with Crippen molar-refractivity contribution < 1.29 is 21.1 Å². The molecule has 4 heteroatoms. The number of rotatable bonds is 4. The molecule has 0 atom stereocenters. The van der Waals surface area contributed by atoms with Gasteiger partial charge >= 0.3 is 0 Å². The van der Waals surface area contributed by atoms with Crippen molar-refractivity contribution >= 4 is 23.8 Å². The van der Waals surface area contributed by atoms with Gasteiger partial charge in [0.15, 0.2) is 0 Å². The normalized spacial score (nSPS) is 23.2. The summed E-state index contributed by atoms with van der Waals surface area (Å²) in [6.07, 6.45) is 16.6. The summed E-state index contributed by atoms with van der Waals surface area (Å²) in [7, 11) is 0.955. The van der Waals surface area contributed by atoms with Crippen molar-refractivity contribution in [1.29, 1.82) is 0 Å². The van der Waals surface area contributed by atoms with Crippen LogP contribution in [-0.4, -0.2) is 57.5 Å². The van der Waals surface area contributed by atoms with E-state index in [2.05, 4.69) is 67.7 Å². The van der Waals surface area contributed by atoms with Gasteiger partial charge < -0.3 is 0 Å². The van der Waals surface area contributed by atoms with Crippen LogP contribution in [0.3, 0.4) is 0 Å². The minimum Gasteiger partial charge on any atom is -0.116 e. The maximum atomic E-state index is 2.39. The van der Waals surface area contributed by atoms with Crippen LogP contribution in [0.25, 0.3) is 0 Å². The van der Waals surface area contributed by atoms with E-state index in [0.29, 0.717) is 15.8 Å². The Hall–Kier alpha value is 1.98. The van der Waals surface area contributed by atoms with Gasteiger partial charge in [-0.3, -0.25) is 0 Å². The minimum absolute atomic E-state index is 0. The molecule has 32 heavy (non-hydrogen) atoms. The summed E-state index contributed by atoms with van der Waals surface area (Å²) in [4.78, 5) is 0. The first-order chi connectivity index (χ1) is 14.6. The molecular weight excluding hydrogens is 613 g/mol. The van der Waals surface area contributed by atoms with Gasteiger partial charge in [0.25, 0.3) is 0 Å². The Morgan fingerprint density at radius 3 is 1.09 bits per heavy atom. The standard InChI is InChI=1S/C22H36P.2C3H9P.W/c1-16-17(2)19(4)22(18(16)3)15-23(20-11-7-5-8-12-20)21-13-9-6-10-14-21;2*1-4(2)3;/h20-21H,5-15H2,1-4H3;2*1-3H3;. The Kier molecular flexibility index (Phi) is 19.4. The Balaban J connectivity index is 0.000000928. The maximum Gasteiger partial charge on any atom is 0 e. The van der Waals surface area contributed by atoms with Gasteiger partial charge in [-0.1, -0.05) is 74.1 Å². The summed E-state index contributed by atoms with van der Waals surface area (Å²) in [6.45, 7) is 22.8. The van der Waals surface area contributed by atoms with E-state index in [1.54, 1.807) is 55.3 Å². The molecule has 0 spiro atoms. The van der Waals surface area contributed by atoms with Crippen LogP contribution >= 0.6 is 23.8 Å². The van der Waals surface area contributed by atoms with E-state index in [4.69, 9.17) is 0 Å². The zero-order valence-corrected chi connectivity index (χ0v) is 28.8. The van der Waals surface area contributed by atoms with Crippen LogP contribution in [0.4, 0.5) is 0 Å². The van der Waals surface area contributed by atoms with Crippen LogP contribution in [0.1, 0.15) is 91.9 Å². The third kappa shape index (κ3) is 12.3. The second kappa shape index (κ2) is 18.3. The predicted octanol–water partition coefficient (Wildman–Crippen LogP) is 9.81. The van der Waals surface area contributed by atoms with Crippen LogP contribution in [0, 0.1) is 29.6 Å². The molecule has 187 valence electrons. The molecule has 0 heterocycles. The summed E-state index contributed by atoms with van der Waals surface area (Å²) in [5, 5.41) is 0. The summed E-state index contributed by atoms with van der Waals surface area (Å²) in [5.41, 5.74) is 2.16. The van der Waals surface area contributed by atoms with Gasteiger partial charge in [0.2, 0.25) is 0 Å². The molecule has 0 unspecified atom stereocenters. The van der Waals surface area contributed by atoms with Gasteiger partial charge in [-0.2, -0.15) is 0 Å². The molecule has 0 saturated heterocycles. The first kappa shape index (κ1) is 34.0. The number of hydrogen-bond acceptors (Lipinski definition) is 0. The molecule has 0 nitrogen and oxygen atoms in total. The van der Waals surface area contributed by atoms with Crippen molar-refractivity contribution in [3.05, 3.63) is 29.6 Å². The van der Waals surface area contributed by atoms with Crippen LogP contribution in [-0.2, 0) is 21.1 Å². The van der Waals surface area contributed by atoms with E-state index in [1.807, 2.05) is 0 Å². The summed E-state index contributed by atoms with van der Waals surface area (Å²) in [6, 6.07) is 0. The maximum absolute atomic E-state index is 2.39. The second-order valence-corrected chi connectivity index (χ2v) is 19.1. The van der Waals surface area contributed by atoms with Crippen molar-refractivity contribution in [1.82, 2.24) is 0 Å². The van der Waals surface area contributed by atoms with E-state index in [9.17, 15) is 0 Å². The van der Waals surface area contributed by atoms with Gasteiger partial charge in [-0.25, -0.2) is 0 Å². The van der Waals surface area contributed by atoms with Crippen molar-refractivity contribution in [3.8, 4) is 0 Å². The van der Waals surface area contributed by atoms with Gasteiger partial charge in [0.05, 0.1) is 0 Å². The van der Waals surface area contributed by atoms with Crippen molar-refractivity contribution in [2.75, 3.05) is 46.2 Å². The van der Waals surface area contributed by atoms with Crippen LogP contribution < -0.4 is 0 Å². The molecule has 3 aliphatic carbocycles. The van der Waals surface area contributed by atoms with E-state index in [-0.39, 0.29) is 29.0 Å². The minimum atomic E-state index is 0. The molecule has 0 amide bonds. The third-order valence-corrected chi connectivity index (χ3v) is 10.6. The molecule has 5 radical (unpaired) electrons. The van der Waals surface area contributed by atoms with Crippen LogP contribution in [0.5, 0.6) is 0 Å². The van der Waals surface area contributed by atoms with Gasteiger partial charge in [-0.05, 0) is 113 Å². The van der Waals surface area contributed by atoms with Crippen molar-refractivity contribution in [3.63, 3.8) is 0 Å². The molecule has 0 aromatic rings. The van der Waals surface area contributed by atoms with Crippen LogP contribution in [0.15, 0.2) is 0 Å². The number of hydrogen-bond donors (Lipinski definition) is 0. The molecule has 3 fully saturated rings. The average Bonchev–Trinajstić information content (AvgIpc) is 2.90.